The zero-order valence-electron chi connectivity index (χ0n) is 14.1. The van der Waals surface area contributed by atoms with Gasteiger partial charge in [0.2, 0.25) is 5.89 Å². The van der Waals surface area contributed by atoms with Gasteiger partial charge in [0.25, 0.3) is 0 Å². The van der Waals surface area contributed by atoms with Crippen LogP contribution in [-0.2, 0) is 18.5 Å². The topological polar surface area (TPSA) is 60.6 Å². The lowest BCUT2D eigenvalue weighted by atomic mass is 9.96. The van der Waals surface area contributed by atoms with Crippen LogP contribution in [0.25, 0.3) is 0 Å². The van der Waals surface area contributed by atoms with Crippen molar-refractivity contribution < 1.29 is 14.0 Å². The van der Waals surface area contributed by atoms with E-state index in [-0.39, 0.29) is 5.41 Å². The van der Waals surface area contributed by atoms with E-state index < -0.39 is 0 Å². The van der Waals surface area contributed by atoms with Gasteiger partial charge in [-0.2, -0.15) is 4.98 Å². The van der Waals surface area contributed by atoms with Crippen molar-refractivity contribution in [2.24, 2.45) is 0 Å². The Morgan fingerprint density at radius 3 is 2.52 bits per heavy atom. The molecule has 6 heteroatoms. The number of benzene rings is 1. The first kappa shape index (κ1) is 15.8. The summed E-state index contributed by atoms with van der Waals surface area (Å²) in [5, 5.41) is 4.06. The van der Waals surface area contributed by atoms with Gasteiger partial charge in [-0.15, -0.1) is 0 Å². The first-order valence-electron chi connectivity index (χ1n) is 7.82. The highest BCUT2D eigenvalue weighted by atomic mass is 16.6. The van der Waals surface area contributed by atoms with Crippen molar-refractivity contribution in [2.75, 3.05) is 20.3 Å². The highest BCUT2D eigenvalue weighted by Gasteiger charge is 2.21. The molecule has 0 radical (unpaired) electrons. The first-order chi connectivity index (χ1) is 10.9. The number of rotatable bonds is 4. The molecule has 124 valence electrons. The van der Waals surface area contributed by atoms with Crippen LogP contribution in [0.15, 0.2) is 22.7 Å². The average Bonchev–Trinajstić information content (AvgIpc) is 2.95. The Morgan fingerprint density at radius 2 is 1.83 bits per heavy atom. The van der Waals surface area contributed by atoms with Crippen LogP contribution in [0.3, 0.4) is 0 Å². The lowest BCUT2D eigenvalue weighted by Gasteiger charge is -2.20. The molecule has 3 rings (SSSR count). The molecule has 2 heterocycles. The van der Waals surface area contributed by atoms with Crippen molar-refractivity contribution in [1.82, 2.24) is 15.0 Å². The first-order valence-corrected chi connectivity index (χ1v) is 7.82. The van der Waals surface area contributed by atoms with Gasteiger partial charge < -0.3 is 14.0 Å². The number of ether oxygens (including phenoxy) is 2. The molecule has 0 atom stereocenters. The Kier molecular flexibility index (Phi) is 4.26. The number of fused-ring (bicyclic) bond motifs is 1. The molecule has 0 N–H and O–H groups in total. The summed E-state index contributed by atoms with van der Waals surface area (Å²) < 4.78 is 16.5. The molecule has 0 saturated carbocycles. The quantitative estimate of drug-likeness (QED) is 0.864. The zero-order valence-corrected chi connectivity index (χ0v) is 14.1. The lowest BCUT2D eigenvalue weighted by Crippen LogP contribution is -2.19. The maximum absolute atomic E-state index is 5.62. The van der Waals surface area contributed by atoms with Gasteiger partial charge in [-0.25, -0.2) is 0 Å². The predicted octanol–water partition coefficient (Wildman–Crippen LogP) is 2.77. The second-order valence-corrected chi connectivity index (χ2v) is 6.91. The summed E-state index contributed by atoms with van der Waals surface area (Å²) in [6.07, 6.45) is 0. The van der Waals surface area contributed by atoms with E-state index in [4.69, 9.17) is 14.0 Å². The molecule has 1 aliphatic rings. The van der Waals surface area contributed by atoms with Crippen molar-refractivity contribution in [3.05, 3.63) is 35.5 Å². The zero-order chi connectivity index (χ0) is 16.4. The molecule has 1 aromatic carbocycles. The Morgan fingerprint density at radius 1 is 1.09 bits per heavy atom. The van der Waals surface area contributed by atoms with Crippen LogP contribution in [0.4, 0.5) is 0 Å². The summed E-state index contributed by atoms with van der Waals surface area (Å²) in [5.74, 6) is 3.00. The van der Waals surface area contributed by atoms with Gasteiger partial charge in [-0.05, 0) is 24.7 Å². The SMILES string of the molecule is CN(Cc1ccc2c(c1)OCCO2)Cc1nc(C(C)(C)C)no1. The number of nitrogens with zero attached hydrogens (tertiary/aromatic N) is 3. The van der Waals surface area contributed by atoms with Gasteiger partial charge >= 0.3 is 0 Å². The molecule has 23 heavy (non-hydrogen) atoms. The molecule has 1 aliphatic heterocycles. The summed E-state index contributed by atoms with van der Waals surface area (Å²) in [6.45, 7) is 8.80. The van der Waals surface area contributed by atoms with Crippen LogP contribution in [-0.4, -0.2) is 35.3 Å². The third-order valence-corrected chi connectivity index (χ3v) is 3.60. The Labute approximate surface area is 136 Å². The Balaban J connectivity index is 1.63. The number of hydrogen-bond acceptors (Lipinski definition) is 6. The van der Waals surface area contributed by atoms with Crippen molar-refractivity contribution in [1.29, 1.82) is 0 Å². The fraction of sp³-hybridized carbons (Fsp3) is 0.529. The Hall–Kier alpha value is -2.08. The third kappa shape index (κ3) is 3.82. The number of aromatic nitrogens is 2. The predicted molar refractivity (Wildman–Crippen MR) is 85.6 cm³/mol. The summed E-state index contributed by atoms with van der Waals surface area (Å²) in [4.78, 5) is 6.60. The van der Waals surface area contributed by atoms with Crippen LogP contribution in [0.5, 0.6) is 11.5 Å². The van der Waals surface area contributed by atoms with Crippen LogP contribution < -0.4 is 9.47 Å². The van der Waals surface area contributed by atoms with E-state index in [1.165, 1.54) is 0 Å². The van der Waals surface area contributed by atoms with Crippen molar-refractivity contribution in [3.8, 4) is 11.5 Å². The second-order valence-electron chi connectivity index (χ2n) is 6.91. The van der Waals surface area contributed by atoms with Gasteiger partial charge in [0.15, 0.2) is 17.3 Å². The van der Waals surface area contributed by atoms with Gasteiger partial charge in [0.05, 0.1) is 6.54 Å². The fourth-order valence-corrected chi connectivity index (χ4v) is 2.41. The minimum Gasteiger partial charge on any atom is -0.486 e. The van der Waals surface area contributed by atoms with Gasteiger partial charge in [-0.1, -0.05) is 32.0 Å². The van der Waals surface area contributed by atoms with E-state index in [2.05, 4.69) is 41.9 Å². The molecule has 0 aliphatic carbocycles. The maximum atomic E-state index is 5.62. The van der Waals surface area contributed by atoms with Gasteiger partial charge in [-0.3, -0.25) is 4.90 Å². The van der Waals surface area contributed by atoms with Crippen LogP contribution in [0.1, 0.15) is 38.0 Å². The largest absolute Gasteiger partial charge is 0.486 e. The fourth-order valence-electron chi connectivity index (χ4n) is 2.41. The minimum absolute atomic E-state index is 0.101. The van der Waals surface area contributed by atoms with Gasteiger partial charge in [0.1, 0.15) is 13.2 Å². The van der Waals surface area contributed by atoms with Crippen molar-refractivity contribution in [3.63, 3.8) is 0 Å². The summed E-state index contributed by atoms with van der Waals surface area (Å²) in [6, 6.07) is 6.04. The molecular formula is C17H23N3O3. The monoisotopic (exact) mass is 317 g/mol. The molecule has 0 spiro atoms. The van der Waals surface area contributed by atoms with E-state index >= 15 is 0 Å². The summed E-state index contributed by atoms with van der Waals surface area (Å²) in [7, 11) is 2.03. The smallest absolute Gasteiger partial charge is 0.240 e. The molecule has 0 fully saturated rings. The molecule has 0 bridgehead atoms. The normalized spacial score (nSPS) is 14.3. The highest BCUT2D eigenvalue weighted by Crippen LogP contribution is 2.31. The molecule has 1 aromatic heterocycles. The van der Waals surface area contributed by atoms with Crippen LogP contribution in [0.2, 0.25) is 0 Å². The number of hydrogen-bond donors (Lipinski definition) is 0. The van der Waals surface area contributed by atoms with E-state index in [0.29, 0.717) is 25.6 Å². The van der Waals surface area contributed by atoms with E-state index in [0.717, 1.165) is 29.4 Å². The molecular weight excluding hydrogens is 294 g/mol. The van der Waals surface area contributed by atoms with Crippen molar-refractivity contribution in [2.45, 2.75) is 39.3 Å². The lowest BCUT2D eigenvalue weighted by molar-refractivity contribution is 0.171. The third-order valence-electron chi connectivity index (χ3n) is 3.60. The van der Waals surface area contributed by atoms with E-state index in [1.54, 1.807) is 0 Å². The van der Waals surface area contributed by atoms with Gasteiger partial charge in [0, 0.05) is 12.0 Å². The van der Waals surface area contributed by atoms with Crippen LogP contribution in [0, 0.1) is 0 Å². The van der Waals surface area contributed by atoms with Crippen molar-refractivity contribution >= 4 is 0 Å². The molecule has 0 amide bonds. The standard InChI is InChI=1S/C17H23N3O3/c1-17(2,3)16-18-15(23-19-16)11-20(4)10-12-5-6-13-14(9-12)22-8-7-21-13/h5-6,9H,7-8,10-11H2,1-4H3. The molecule has 0 unspecified atom stereocenters. The van der Waals surface area contributed by atoms with E-state index in [9.17, 15) is 0 Å². The summed E-state index contributed by atoms with van der Waals surface area (Å²) in [5.41, 5.74) is 1.06. The van der Waals surface area contributed by atoms with Crippen LogP contribution >= 0.6 is 0 Å². The second kappa shape index (κ2) is 6.20. The maximum Gasteiger partial charge on any atom is 0.240 e. The van der Waals surface area contributed by atoms with E-state index in [1.807, 2.05) is 19.2 Å². The highest BCUT2D eigenvalue weighted by molar-refractivity contribution is 5.43. The Bertz CT molecular complexity index is 676. The minimum atomic E-state index is -0.101. The molecule has 6 nitrogen and oxygen atoms in total. The molecule has 2 aromatic rings. The summed E-state index contributed by atoms with van der Waals surface area (Å²) >= 11 is 0. The average molecular weight is 317 g/mol. The molecule has 0 saturated heterocycles.